The first-order valence-electron chi connectivity index (χ1n) is 6.19. The smallest absolute Gasteiger partial charge is 0.292 e. The SMILES string of the molecule is CCO/C(CC)=N/NC(=O)c1n[nH]c2ccccc12. The molecule has 0 unspecified atom stereocenters. The van der Waals surface area contributed by atoms with Crippen LogP contribution in [0.25, 0.3) is 10.9 Å². The van der Waals surface area contributed by atoms with E-state index in [1.54, 1.807) is 0 Å². The van der Waals surface area contributed by atoms with Crippen LogP contribution < -0.4 is 5.43 Å². The standard InChI is InChI=1S/C13H16N4O2/c1-3-11(19-4-2)15-17-13(18)12-9-7-5-6-8-10(9)14-16-12/h5-8H,3-4H2,1-2H3,(H,14,16)(H,17,18)/b15-11+. The molecule has 0 saturated carbocycles. The molecule has 1 aromatic heterocycles. The molecular formula is C13H16N4O2. The number of aromatic nitrogens is 2. The number of fused-ring (bicyclic) bond motifs is 1. The minimum atomic E-state index is -0.358. The number of benzene rings is 1. The molecule has 0 spiro atoms. The molecule has 2 N–H and O–H groups in total. The number of nitrogens with zero attached hydrogens (tertiary/aromatic N) is 2. The fourth-order valence-corrected chi connectivity index (χ4v) is 1.68. The molecule has 0 saturated heterocycles. The van der Waals surface area contributed by atoms with E-state index in [1.807, 2.05) is 38.1 Å². The summed E-state index contributed by atoms with van der Waals surface area (Å²) < 4.78 is 5.25. The predicted molar refractivity (Wildman–Crippen MR) is 72.9 cm³/mol. The summed E-state index contributed by atoms with van der Waals surface area (Å²) in [7, 11) is 0. The Morgan fingerprint density at radius 1 is 1.42 bits per heavy atom. The van der Waals surface area contributed by atoms with Gasteiger partial charge in [0.2, 0.25) is 5.90 Å². The normalized spacial score (nSPS) is 11.6. The lowest BCUT2D eigenvalue weighted by molar-refractivity contribution is 0.0949. The number of hydrogen-bond acceptors (Lipinski definition) is 4. The minimum Gasteiger partial charge on any atom is -0.480 e. The molecule has 100 valence electrons. The largest absolute Gasteiger partial charge is 0.480 e. The van der Waals surface area contributed by atoms with Crippen molar-refractivity contribution in [2.45, 2.75) is 20.3 Å². The average molecular weight is 260 g/mol. The van der Waals surface area contributed by atoms with E-state index in [0.717, 1.165) is 10.9 Å². The van der Waals surface area contributed by atoms with Gasteiger partial charge in [0.15, 0.2) is 5.69 Å². The Morgan fingerprint density at radius 3 is 2.95 bits per heavy atom. The lowest BCUT2D eigenvalue weighted by Crippen LogP contribution is -2.21. The van der Waals surface area contributed by atoms with Crippen molar-refractivity contribution in [2.75, 3.05) is 6.61 Å². The molecule has 0 atom stereocenters. The molecule has 19 heavy (non-hydrogen) atoms. The molecule has 0 aliphatic heterocycles. The number of hydrazone groups is 1. The number of para-hydroxylation sites is 1. The van der Waals surface area contributed by atoms with Crippen LogP contribution in [0.4, 0.5) is 0 Å². The fraction of sp³-hybridized carbons (Fsp3) is 0.308. The summed E-state index contributed by atoms with van der Waals surface area (Å²) in [5.41, 5.74) is 3.60. The van der Waals surface area contributed by atoms with Crippen molar-refractivity contribution in [2.24, 2.45) is 5.10 Å². The zero-order chi connectivity index (χ0) is 13.7. The maximum Gasteiger partial charge on any atom is 0.292 e. The predicted octanol–water partition coefficient (Wildman–Crippen LogP) is 2.05. The molecule has 1 aromatic carbocycles. The summed E-state index contributed by atoms with van der Waals surface area (Å²) in [5.74, 6) is 0.138. The third kappa shape index (κ3) is 2.90. The maximum atomic E-state index is 12.0. The van der Waals surface area contributed by atoms with Gasteiger partial charge in [0.1, 0.15) is 0 Å². The Hall–Kier alpha value is -2.37. The second kappa shape index (κ2) is 5.99. The van der Waals surface area contributed by atoms with E-state index < -0.39 is 0 Å². The van der Waals surface area contributed by atoms with Crippen LogP contribution in [-0.2, 0) is 4.74 Å². The number of carbonyl (C=O) groups is 1. The van der Waals surface area contributed by atoms with E-state index in [2.05, 4.69) is 20.7 Å². The zero-order valence-corrected chi connectivity index (χ0v) is 10.9. The molecule has 1 amide bonds. The second-order valence-corrected chi connectivity index (χ2v) is 3.85. The Morgan fingerprint density at radius 2 is 2.21 bits per heavy atom. The number of ether oxygens (including phenoxy) is 1. The van der Waals surface area contributed by atoms with Crippen LogP contribution in [-0.4, -0.2) is 28.6 Å². The summed E-state index contributed by atoms with van der Waals surface area (Å²) in [6.07, 6.45) is 0.620. The lowest BCUT2D eigenvalue weighted by Gasteiger charge is -2.04. The molecule has 2 aromatic rings. The first-order chi connectivity index (χ1) is 9.26. The summed E-state index contributed by atoms with van der Waals surface area (Å²) in [5, 5.41) is 11.5. The van der Waals surface area contributed by atoms with Crippen molar-refractivity contribution in [1.29, 1.82) is 0 Å². The quantitative estimate of drug-likeness (QED) is 0.501. The number of carbonyl (C=O) groups excluding carboxylic acids is 1. The first kappa shape index (κ1) is 13.1. The minimum absolute atomic E-state index is 0.325. The Kier molecular flexibility index (Phi) is 4.12. The summed E-state index contributed by atoms with van der Waals surface area (Å²) in [4.78, 5) is 12.0. The van der Waals surface area contributed by atoms with Crippen LogP contribution >= 0.6 is 0 Å². The third-order valence-corrected chi connectivity index (χ3v) is 2.58. The molecule has 0 fully saturated rings. The van der Waals surface area contributed by atoms with Gasteiger partial charge in [-0.15, -0.1) is 5.10 Å². The van der Waals surface area contributed by atoms with Crippen molar-refractivity contribution < 1.29 is 9.53 Å². The van der Waals surface area contributed by atoms with Crippen LogP contribution in [0.15, 0.2) is 29.4 Å². The van der Waals surface area contributed by atoms with Gasteiger partial charge >= 0.3 is 0 Å². The number of hydrogen-bond donors (Lipinski definition) is 2. The van der Waals surface area contributed by atoms with E-state index in [4.69, 9.17) is 4.74 Å². The number of H-pyrrole nitrogens is 1. The van der Waals surface area contributed by atoms with Gasteiger partial charge in [-0.2, -0.15) is 5.10 Å². The molecular weight excluding hydrogens is 244 g/mol. The van der Waals surface area contributed by atoms with E-state index in [-0.39, 0.29) is 5.91 Å². The second-order valence-electron chi connectivity index (χ2n) is 3.85. The van der Waals surface area contributed by atoms with Gasteiger partial charge in [-0.3, -0.25) is 9.89 Å². The highest BCUT2D eigenvalue weighted by molar-refractivity contribution is 6.04. The first-order valence-corrected chi connectivity index (χ1v) is 6.19. The Labute approximate surface area is 110 Å². The highest BCUT2D eigenvalue weighted by atomic mass is 16.5. The third-order valence-electron chi connectivity index (χ3n) is 2.58. The van der Waals surface area contributed by atoms with Crippen LogP contribution in [0.3, 0.4) is 0 Å². The molecule has 0 radical (unpaired) electrons. The molecule has 6 heteroatoms. The van der Waals surface area contributed by atoms with Gasteiger partial charge in [-0.1, -0.05) is 25.1 Å². The van der Waals surface area contributed by atoms with E-state index in [0.29, 0.717) is 24.6 Å². The van der Waals surface area contributed by atoms with Crippen molar-refractivity contribution in [3.63, 3.8) is 0 Å². The van der Waals surface area contributed by atoms with Gasteiger partial charge < -0.3 is 4.74 Å². The zero-order valence-electron chi connectivity index (χ0n) is 10.9. The van der Waals surface area contributed by atoms with Crippen LogP contribution in [0.5, 0.6) is 0 Å². The van der Waals surface area contributed by atoms with Gasteiger partial charge in [0, 0.05) is 11.8 Å². The van der Waals surface area contributed by atoms with Crippen LogP contribution in [0, 0.1) is 0 Å². The molecule has 0 aliphatic rings. The summed E-state index contributed by atoms with van der Waals surface area (Å²) in [6.45, 7) is 4.30. The van der Waals surface area contributed by atoms with Crippen LogP contribution in [0.2, 0.25) is 0 Å². The molecule has 1 heterocycles. The van der Waals surface area contributed by atoms with Gasteiger partial charge in [0.25, 0.3) is 5.91 Å². The maximum absolute atomic E-state index is 12.0. The molecule has 6 nitrogen and oxygen atoms in total. The molecule has 0 aliphatic carbocycles. The summed E-state index contributed by atoms with van der Waals surface area (Å²) >= 11 is 0. The monoisotopic (exact) mass is 260 g/mol. The Balaban J connectivity index is 2.16. The number of amides is 1. The lowest BCUT2D eigenvalue weighted by atomic mass is 10.2. The van der Waals surface area contributed by atoms with Crippen molar-refractivity contribution in [3.8, 4) is 0 Å². The van der Waals surface area contributed by atoms with Crippen molar-refractivity contribution in [1.82, 2.24) is 15.6 Å². The van der Waals surface area contributed by atoms with E-state index >= 15 is 0 Å². The van der Waals surface area contributed by atoms with E-state index in [9.17, 15) is 4.79 Å². The van der Waals surface area contributed by atoms with Crippen molar-refractivity contribution in [3.05, 3.63) is 30.0 Å². The van der Waals surface area contributed by atoms with Gasteiger partial charge in [0.05, 0.1) is 12.1 Å². The highest BCUT2D eigenvalue weighted by Crippen LogP contribution is 2.14. The molecule has 2 rings (SSSR count). The van der Waals surface area contributed by atoms with Gasteiger partial charge in [-0.05, 0) is 13.0 Å². The summed E-state index contributed by atoms with van der Waals surface area (Å²) in [6, 6.07) is 7.43. The number of rotatable bonds is 4. The molecule has 0 bridgehead atoms. The van der Waals surface area contributed by atoms with Gasteiger partial charge in [-0.25, -0.2) is 5.43 Å². The highest BCUT2D eigenvalue weighted by Gasteiger charge is 2.13. The van der Waals surface area contributed by atoms with Crippen molar-refractivity contribution >= 4 is 22.7 Å². The number of nitrogens with one attached hydrogen (secondary N) is 2. The number of aromatic amines is 1. The average Bonchev–Trinajstić information content (AvgIpc) is 2.87. The van der Waals surface area contributed by atoms with E-state index in [1.165, 1.54) is 0 Å². The van der Waals surface area contributed by atoms with Crippen LogP contribution in [0.1, 0.15) is 30.8 Å². The Bertz CT molecular complexity index is 603. The topological polar surface area (TPSA) is 79.4 Å². The fourth-order valence-electron chi connectivity index (χ4n) is 1.68.